The Balaban J connectivity index is 1.77. The van der Waals surface area contributed by atoms with Crippen molar-refractivity contribution in [2.24, 2.45) is 0 Å². The van der Waals surface area contributed by atoms with Crippen molar-refractivity contribution in [3.05, 3.63) is 35.2 Å². The van der Waals surface area contributed by atoms with Crippen LogP contribution in [0, 0.1) is 20.8 Å². The summed E-state index contributed by atoms with van der Waals surface area (Å²) in [7, 11) is 0. The molecule has 1 aliphatic rings. The van der Waals surface area contributed by atoms with Gasteiger partial charge in [-0.3, -0.25) is 9.36 Å². The molecule has 0 N–H and O–H groups in total. The molecule has 0 unspecified atom stereocenters. The van der Waals surface area contributed by atoms with Gasteiger partial charge in [0.15, 0.2) is 5.16 Å². The third-order valence-corrected chi connectivity index (χ3v) is 6.26. The van der Waals surface area contributed by atoms with Crippen LogP contribution in [0.1, 0.15) is 50.1 Å². The Morgan fingerprint density at radius 3 is 2.46 bits per heavy atom. The molecule has 1 saturated heterocycles. The number of thioether (sulfide) groups is 1. The van der Waals surface area contributed by atoms with Gasteiger partial charge in [0.1, 0.15) is 5.82 Å². The quantitative estimate of drug-likeness (QED) is 0.759. The SMILES string of the molecule is Cc1ccc(-n2c(C)nnc2SCC(=O)N2[C@@H](C)CCC[C@@H]2C)cc1C. The van der Waals surface area contributed by atoms with Gasteiger partial charge in [0.05, 0.1) is 5.75 Å². The molecule has 5 nitrogen and oxygen atoms in total. The summed E-state index contributed by atoms with van der Waals surface area (Å²) in [5, 5.41) is 9.31. The highest BCUT2D eigenvalue weighted by molar-refractivity contribution is 7.99. The van der Waals surface area contributed by atoms with Gasteiger partial charge in [-0.2, -0.15) is 0 Å². The first-order valence-corrected chi connectivity index (χ1v) is 10.3. The van der Waals surface area contributed by atoms with Gasteiger partial charge in [0.2, 0.25) is 5.91 Å². The first-order valence-electron chi connectivity index (χ1n) is 9.32. The number of likely N-dealkylation sites (tertiary alicyclic amines) is 1. The molecule has 0 saturated carbocycles. The molecule has 1 aliphatic heterocycles. The number of hydrogen-bond donors (Lipinski definition) is 0. The standard InChI is InChI=1S/C20H28N4OS/c1-13-9-10-18(11-14(13)2)24-17(5)21-22-20(24)26-12-19(25)23-15(3)7-6-8-16(23)4/h9-11,15-16H,6-8,12H2,1-5H3/t15-,16-/m0/s1. The molecule has 1 fully saturated rings. The third-order valence-electron chi connectivity index (χ3n) is 5.35. The van der Waals surface area contributed by atoms with E-state index in [4.69, 9.17) is 0 Å². The van der Waals surface area contributed by atoms with Gasteiger partial charge in [0.25, 0.3) is 0 Å². The highest BCUT2D eigenvalue weighted by Gasteiger charge is 2.29. The number of aromatic nitrogens is 3. The maximum atomic E-state index is 12.8. The van der Waals surface area contributed by atoms with Gasteiger partial charge in [-0.25, -0.2) is 0 Å². The summed E-state index contributed by atoms with van der Waals surface area (Å²) in [5.74, 6) is 1.43. The lowest BCUT2D eigenvalue weighted by atomic mass is 9.98. The van der Waals surface area contributed by atoms with E-state index in [2.05, 4.69) is 61.0 Å². The van der Waals surface area contributed by atoms with Crippen molar-refractivity contribution < 1.29 is 4.79 Å². The van der Waals surface area contributed by atoms with Crippen LogP contribution in [-0.2, 0) is 4.79 Å². The number of aryl methyl sites for hydroxylation is 3. The summed E-state index contributed by atoms with van der Waals surface area (Å²) in [6.07, 6.45) is 3.40. The van der Waals surface area contributed by atoms with Crippen molar-refractivity contribution in [2.75, 3.05) is 5.75 Å². The number of nitrogens with zero attached hydrogens (tertiary/aromatic N) is 4. The van der Waals surface area contributed by atoms with Crippen LogP contribution in [-0.4, -0.2) is 43.4 Å². The van der Waals surface area contributed by atoms with Crippen LogP contribution in [0.4, 0.5) is 0 Å². The summed E-state index contributed by atoms with van der Waals surface area (Å²) >= 11 is 1.48. The lowest BCUT2D eigenvalue weighted by Gasteiger charge is -2.39. The van der Waals surface area contributed by atoms with Crippen LogP contribution in [0.15, 0.2) is 23.4 Å². The second-order valence-electron chi connectivity index (χ2n) is 7.35. The summed E-state index contributed by atoms with van der Waals surface area (Å²) in [5.41, 5.74) is 3.54. The zero-order valence-electron chi connectivity index (χ0n) is 16.3. The molecule has 2 aromatic rings. The zero-order chi connectivity index (χ0) is 18.8. The largest absolute Gasteiger partial charge is 0.337 e. The Bertz CT molecular complexity index is 791. The van der Waals surface area contributed by atoms with Gasteiger partial charge in [-0.1, -0.05) is 17.8 Å². The second-order valence-corrected chi connectivity index (χ2v) is 8.29. The molecule has 0 spiro atoms. The van der Waals surface area contributed by atoms with E-state index in [1.165, 1.54) is 29.3 Å². The summed E-state index contributed by atoms with van der Waals surface area (Å²) < 4.78 is 2.04. The molecule has 26 heavy (non-hydrogen) atoms. The Morgan fingerprint density at radius 1 is 1.12 bits per heavy atom. The Labute approximate surface area is 160 Å². The fraction of sp³-hybridized carbons (Fsp3) is 0.550. The van der Waals surface area contributed by atoms with Gasteiger partial charge >= 0.3 is 0 Å². The minimum Gasteiger partial charge on any atom is -0.337 e. The summed E-state index contributed by atoms with van der Waals surface area (Å²) in [6, 6.07) is 6.99. The highest BCUT2D eigenvalue weighted by Crippen LogP contribution is 2.27. The van der Waals surface area contributed by atoms with Crippen LogP contribution in [0.2, 0.25) is 0 Å². The Morgan fingerprint density at radius 2 is 1.81 bits per heavy atom. The van der Waals surface area contributed by atoms with Crippen LogP contribution in [0.3, 0.4) is 0 Å². The van der Waals surface area contributed by atoms with E-state index in [1.807, 2.05) is 11.5 Å². The average molecular weight is 373 g/mol. The van der Waals surface area contributed by atoms with Crippen molar-refractivity contribution in [3.63, 3.8) is 0 Å². The molecule has 3 rings (SSSR count). The molecule has 2 atom stereocenters. The van der Waals surface area contributed by atoms with Crippen molar-refractivity contribution in [2.45, 2.75) is 71.1 Å². The second kappa shape index (κ2) is 7.82. The minimum atomic E-state index is 0.196. The van der Waals surface area contributed by atoms with Crippen LogP contribution >= 0.6 is 11.8 Å². The summed E-state index contributed by atoms with van der Waals surface area (Å²) in [6.45, 7) is 10.5. The third kappa shape index (κ3) is 3.80. The molecular formula is C20H28N4OS. The van der Waals surface area contributed by atoms with E-state index >= 15 is 0 Å². The lowest BCUT2D eigenvalue weighted by molar-refractivity contribution is -0.134. The average Bonchev–Trinajstić information content (AvgIpc) is 2.96. The van der Waals surface area contributed by atoms with Crippen LogP contribution in [0.5, 0.6) is 0 Å². The van der Waals surface area contributed by atoms with E-state index in [0.717, 1.165) is 29.5 Å². The summed E-state index contributed by atoms with van der Waals surface area (Å²) in [4.78, 5) is 14.8. The fourth-order valence-corrected chi connectivity index (χ4v) is 4.58. The maximum Gasteiger partial charge on any atom is 0.233 e. The zero-order valence-corrected chi connectivity index (χ0v) is 17.1. The van der Waals surface area contributed by atoms with Crippen LogP contribution < -0.4 is 0 Å². The van der Waals surface area contributed by atoms with Crippen molar-refractivity contribution in [3.8, 4) is 5.69 Å². The Kier molecular flexibility index (Phi) is 5.70. The first kappa shape index (κ1) is 19.0. The number of benzene rings is 1. The number of hydrogen-bond acceptors (Lipinski definition) is 4. The molecule has 0 aliphatic carbocycles. The van der Waals surface area contributed by atoms with Crippen molar-refractivity contribution >= 4 is 17.7 Å². The van der Waals surface area contributed by atoms with Gasteiger partial charge < -0.3 is 4.90 Å². The smallest absolute Gasteiger partial charge is 0.233 e. The Hall–Kier alpha value is -1.82. The number of piperidine rings is 1. The maximum absolute atomic E-state index is 12.8. The van der Waals surface area contributed by atoms with E-state index in [0.29, 0.717) is 17.8 Å². The molecule has 0 radical (unpaired) electrons. The number of amides is 1. The lowest BCUT2D eigenvalue weighted by Crippen LogP contribution is -2.48. The molecule has 140 valence electrons. The topological polar surface area (TPSA) is 51.0 Å². The minimum absolute atomic E-state index is 0.196. The van der Waals surface area contributed by atoms with Crippen molar-refractivity contribution in [1.82, 2.24) is 19.7 Å². The van der Waals surface area contributed by atoms with Crippen molar-refractivity contribution in [1.29, 1.82) is 0 Å². The van der Waals surface area contributed by atoms with Crippen LogP contribution in [0.25, 0.3) is 5.69 Å². The van der Waals surface area contributed by atoms with Gasteiger partial charge in [-0.15, -0.1) is 10.2 Å². The fourth-order valence-electron chi connectivity index (χ4n) is 3.71. The van der Waals surface area contributed by atoms with E-state index in [9.17, 15) is 4.79 Å². The molecular weight excluding hydrogens is 344 g/mol. The molecule has 2 heterocycles. The molecule has 0 bridgehead atoms. The number of carbonyl (C=O) groups excluding carboxylic acids is 1. The van der Waals surface area contributed by atoms with E-state index in [1.54, 1.807) is 0 Å². The van der Waals surface area contributed by atoms with Gasteiger partial charge in [0, 0.05) is 17.8 Å². The molecule has 1 aromatic carbocycles. The number of rotatable bonds is 4. The molecule has 6 heteroatoms. The first-order chi connectivity index (χ1) is 12.4. The predicted octanol–water partition coefficient (Wildman–Crippen LogP) is 4.07. The molecule has 1 amide bonds. The normalized spacial score (nSPS) is 20.4. The van der Waals surface area contributed by atoms with Gasteiger partial charge in [-0.05, 0) is 77.1 Å². The van der Waals surface area contributed by atoms with E-state index in [-0.39, 0.29) is 5.91 Å². The monoisotopic (exact) mass is 372 g/mol. The number of carbonyl (C=O) groups is 1. The van der Waals surface area contributed by atoms with E-state index < -0.39 is 0 Å². The molecule has 1 aromatic heterocycles. The highest BCUT2D eigenvalue weighted by atomic mass is 32.2. The predicted molar refractivity (Wildman–Crippen MR) is 106 cm³/mol.